The summed E-state index contributed by atoms with van der Waals surface area (Å²) in [5.41, 5.74) is 5.96. The van der Waals surface area contributed by atoms with Gasteiger partial charge in [0.1, 0.15) is 4.90 Å². The normalized spacial score (nSPS) is 20.6. The number of sulfonamides is 1. The molecule has 1 fully saturated rings. The molecule has 4 nitrogen and oxygen atoms in total. The number of thioether (sulfide) groups is 1. The lowest BCUT2D eigenvalue weighted by Gasteiger charge is -2.13. The van der Waals surface area contributed by atoms with Gasteiger partial charge in [-0.05, 0) is 30.4 Å². The predicted molar refractivity (Wildman–Crippen MR) is 71.9 cm³/mol. The van der Waals surface area contributed by atoms with Crippen molar-refractivity contribution in [3.05, 3.63) is 23.2 Å². The summed E-state index contributed by atoms with van der Waals surface area (Å²) in [7, 11) is -3.57. The lowest BCUT2D eigenvalue weighted by Crippen LogP contribution is -2.34. The molecule has 94 valence electrons. The smallest absolute Gasteiger partial charge is 0.242 e. The lowest BCUT2D eigenvalue weighted by atomic mass is 10.3. The van der Waals surface area contributed by atoms with Crippen molar-refractivity contribution in [1.82, 2.24) is 4.72 Å². The van der Waals surface area contributed by atoms with E-state index >= 15 is 0 Å². The van der Waals surface area contributed by atoms with Crippen molar-refractivity contribution in [1.29, 1.82) is 0 Å². The first kappa shape index (κ1) is 13.0. The molecule has 0 saturated carbocycles. The minimum absolute atomic E-state index is 0.0116. The minimum atomic E-state index is -3.57. The molecule has 7 heteroatoms. The Hall–Kier alpha value is -0.430. The van der Waals surface area contributed by atoms with E-state index in [0.29, 0.717) is 5.69 Å². The van der Waals surface area contributed by atoms with Gasteiger partial charge in [0.2, 0.25) is 10.0 Å². The van der Waals surface area contributed by atoms with Gasteiger partial charge < -0.3 is 5.73 Å². The fourth-order valence-electron chi connectivity index (χ4n) is 1.64. The van der Waals surface area contributed by atoms with Gasteiger partial charge in [-0.25, -0.2) is 13.1 Å². The van der Waals surface area contributed by atoms with Crippen LogP contribution in [-0.4, -0.2) is 26.0 Å². The molecule has 0 aliphatic carbocycles. The molecule has 1 aromatic carbocycles. The number of anilines is 1. The van der Waals surface area contributed by atoms with E-state index in [0.717, 1.165) is 17.9 Å². The Morgan fingerprint density at radius 1 is 1.47 bits per heavy atom. The van der Waals surface area contributed by atoms with Crippen molar-refractivity contribution in [2.24, 2.45) is 0 Å². The highest BCUT2D eigenvalue weighted by atomic mass is 35.5. The number of nitrogens with two attached hydrogens (primary N) is 1. The van der Waals surface area contributed by atoms with E-state index in [-0.39, 0.29) is 16.0 Å². The van der Waals surface area contributed by atoms with Gasteiger partial charge in [0.05, 0.1) is 5.02 Å². The van der Waals surface area contributed by atoms with Crippen molar-refractivity contribution in [2.75, 3.05) is 17.2 Å². The number of halogens is 1. The maximum atomic E-state index is 12.1. The zero-order chi connectivity index (χ0) is 12.5. The Kier molecular flexibility index (Phi) is 3.87. The Labute approximate surface area is 110 Å². The van der Waals surface area contributed by atoms with E-state index in [1.165, 1.54) is 12.1 Å². The van der Waals surface area contributed by atoms with Gasteiger partial charge in [-0.3, -0.25) is 0 Å². The fourth-order valence-corrected chi connectivity index (χ4v) is 4.70. The van der Waals surface area contributed by atoms with E-state index in [2.05, 4.69) is 4.72 Å². The first-order valence-electron chi connectivity index (χ1n) is 5.14. The molecular formula is C10H13ClN2O2S2. The van der Waals surface area contributed by atoms with Crippen LogP contribution in [0.15, 0.2) is 23.1 Å². The Morgan fingerprint density at radius 3 is 2.88 bits per heavy atom. The second kappa shape index (κ2) is 5.06. The largest absolute Gasteiger partial charge is 0.399 e. The third-order valence-corrected chi connectivity index (χ3v) is 5.66. The molecule has 1 aromatic rings. The molecule has 1 aliphatic rings. The molecule has 2 rings (SSSR count). The monoisotopic (exact) mass is 292 g/mol. The highest BCUT2D eigenvalue weighted by Crippen LogP contribution is 2.25. The van der Waals surface area contributed by atoms with Gasteiger partial charge in [0, 0.05) is 17.5 Å². The van der Waals surface area contributed by atoms with Crippen LogP contribution in [0, 0.1) is 0 Å². The van der Waals surface area contributed by atoms with Crippen LogP contribution in [0.1, 0.15) is 6.42 Å². The molecule has 0 radical (unpaired) electrons. The third-order valence-electron chi connectivity index (χ3n) is 2.50. The maximum Gasteiger partial charge on any atom is 0.242 e. The predicted octanol–water partition coefficient (Wildman–Crippen LogP) is 1.71. The third kappa shape index (κ3) is 3.07. The molecule has 0 aromatic heterocycles. The molecule has 17 heavy (non-hydrogen) atoms. The number of rotatable bonds is 3. The van der Waals surface area contributed by atoms with E-state index in [1.54, 1.807) is 17.8 Å². The van der Waals surface area contributed by atoms with E-state index in [1.807, 2.05) is 0 Å². The van der Waals surface area contributed by atoms with Crippen LogP contribution >= 0.6 is 23.4 Å². The van der Waals surface area contributed by atoms with Crippen LogP contribution < -0.4 is 10.5 Å². The van der Waals surface area contributed by atoms with E-state index in [4.69, 9.17) is 17.3 Å². The van der Waals surface area contributed by atoms with Gasteiger partial charge in [-0.2, -0.15) is 11.8 Å². The fraction of sp³-hybridized carbons (Fsp3) is 0.400. The summed E-state index contributed by atoms with van der Waals surface area (Å²) >= 11 is 7.63. The Morgan fingerprint density at radius 2 is 2.24 bits per heavy atom. The first-order valence-corrected chi connectivity index (χ1v) is 8.16. The zero-order valence-electron chi connectivity index (χ0n) is 9.02. The molecule has 1 unspecified atom stereocenters. The molecule has 3 N–H and O–H groups in total. The summed E-state index contributed by atoms with van der Waals surface area (Å²) in [5.74, 6) is 1.79. The van der Waals surface area contributed by atoms with Gasteiger partial charge >= 0.3 is 0 Å². The average molecular weight is 293 g/mol. The van der Waals surface area contributed by atoms with Crippen LogP contribution in [0.25, 0.3) is 0 Å². The SMILES string of the molecule is Nc1ccc(Cl)c(S(=O)(=O)NC2CCSC2)c1. The van der Waals surface area contributed by atoms with Crippen LogP contribution in [0.4, 0.5) is 5.69 Å². The summed E-state index contributed by atoms with van der Waals surface area (Å²) in [5, 5.41) is 0.192. The standard InChI is InChI=1S/C10H13ClN2O2S2/c11-9-2-1-7(12)5-10(9)17(14,15)13-8-3-4-16-6-8/h1-2,5,8,13H,3-4,6,12H2. The van der Waals surface area contributed by atoms with Crippen LogP contribution in [0.3, 0.4) is 0 Å². The molecule has 1 heterocycles. The molecule has 0 bridgehead atoms. The summed E-state index contributed by atoms with van der Waals surface area (Å²) in [4.78, 5) is 0.0519. The van der Waals surface area contributed by atoms with Crippen molar-refractivity contribution in [3.63, 3.8) is 0 Å². The molecule has 0 amide bonds. The number of hydrogen-bond acceptors (Lipinski definition) is 4. The van der Waals surface area contributed by atoms with Crippen molar-refractivity contribution >= 4 is 39.1 Å². The Bertz CT molecular complexity index is 513. The first-order chi connectivity index (χ1) is 7.99. The quantitative estimate of drug-likeness (QED) is 0.832. The minimum Gasteiger partial charge on any atom is -0.399 e. The summed E-state index contributed by atoms with van der Waals surface area (Å²) in [6.45, 7) is 0. The molecule has 1 saturated heterocycles. The van der Waals surface area contributed by atoms with Crippen molar-refractivity contribution in [2.45, 2.75) is 17.4 Å². The van der Waals surface area contributed by atoms with Crippen LogP contribution in [-0.2, 0) is 10.0 Å². The highest BCUT2D eigenvalue weighted by molar-refractivity contribution is 7.99. The number of hydrogen-bond donors (Lipinski definition) is 2. The molecule has 0 spiro atoms. The average Bonchev–Trinajstić information content (AvgIpc) is 2.73. The second-order valence-corrected chi connectivity index (χ2v) is 7.11. The van der Waals surface area contributed by atoms with E-state index in [9.17, 15) is 8.42 Å². The summed E-state index contributed by atoms with van der Waals surface area (Å²) in [6, 6.07) is 4.44. The van der Waals surface area contributed by atoms with Crippen LogP contribution in [0.2, 0.25) is 5.02 Å². The highest BCUT2D eigenvalue weighted by Gasteiger charge is 2.25. The summed E-state index contributed by atoms with van der Waals surface area (Å²) < 4.78 is 26.9. The summed E-state index contributed by atoms with van der Waals surface area (Å²) in [6.07, 6.45) is 0.851. The van der Waals surface area contributed by atoms with Crippen LogP contribution in [0.5, 0.6) is 0 Å². The van der Waals surface area contributed by atoms with Gasteiger partial charge in [0.15, 0.2) is 0 Å². The Balaban J connectivity index is 2.27. The number of benzene rings is 1. The maximum absolute atomic E-state index is 12.1. The van der Waals surface area contributed by atoms with Gasteiger partial charge in [-0.1, -0.05) is 11.6 Å². The second-order valence-electron chi connectivity index (χ2n) is 3.87. The van der Waals surface area contributed by atoms with Crippen molar-refractivity contribution < 1.29 is 8.42 Å². The van der Waals surface area contributed by atoms with Crippen molar-refractivity contribution in [3.8, 4) is 0 Å². The molecular weight excluding hydrogens is 280 g/mol. The molecule has 1 atom stereocenters. The topological polar surface area (TPSA) is 72.2 Å². The van der Waals surface area contributed by atoms with Gasteiger partial charge in [0.25, 0.3) is 0 Å². The number of nitrogen functional groups attached to an aromatic ring is 1. The molecule has 1 aliphatic heterocycles. The van der Waals surface area contributed by atoms with E-state index < -0.39 is 10.0 Å². The lowest BCUT2D eigenvalue weighted by molar-refractivity contribution is 0.563. The zero-order valence-corrected chi connectivity index (χ0v) is 11.4. The van der Waals surface area contributed by atoms with Gasteiger partial charge in [-0.15, -0.1) is 0 Å². The number of nitrogens with one attached hydrogen (secondary N) is 1.